The minimum absolute atomic E-state index is 0.126. The van der Waals surface area contributed by atoms with Gasteiger partial charge in [0.15, 0.2) is 17.3 Å². The van der Waals surface area contributed by atoms with Crippen LogP contribution >= 0.6 is 23.2 Å². The number of carbonyl (C=O) groups excluding carboxylic acids is 1. The number of halogens is 3. The van der Waals surface area contributed by atoms with Crippen molar-refractivity contribution in [2.45, 2.75) is 25.8 Å². The largest absolute Gasteiger partial charge is 0.495 e. The summed E-state index contributed by atoms with van der Waals surface area (Å²) in [6, 6.07) is 5.40. The van der Waals surface area contributed by atoms with Crippen molar-refractivity contribution in [2.75, 3.05) is 44.5 Å². The number of piperidine rings is 1. The first-order valence-electron chi connectivity index (χ1n) is 14.2. The molecule has 6 rings (SSSR count). The first-order valence-corrected chi connectivity index (χ1v) is 14.9. The monoisotopic (exact) mass is 653 g/mol. The van der Waals surface area contributed by atoms with E-state index in [1.807, 2.05) is 10.7 Å². The lowest BCUT2D eigenvalue weighted by Crippen LogP contribution is -2.34. The van der Waals surface area contributed by atoms with Crippen molar-refractivity contribution in [3.63, 3.8) is 0 Å². The summed E-state index contributed by atoms with van der Waals surface area (Å²) < 4.78 is 28.2. The second-order valence-electron chi connectivity index (χ2n) is 10.5. The van der Waals surface area contributed by atoms with Gasteiger partial charge in [0.05, 0.1) is 42.0 Å². The summed E-state index contributed by atoms with van der Waals surface area (Å²) in [6.45, 7) is 8.11. The van der Waals surface area contributed by atoms with E-state index in [0.29, 0.717) is 61.2 Å². The summed E-state index contributed by atoms with van der Waals surface area (Å²) in [5.41, 5.74) is 2.57. The summed E-state index contributed by atoms with van der Waals surface area (Å²) in [5, 5.41) is 20.3. The van der Waals surface area contributed by atoms with Gasteiger partial charge in [0.1, 0.15) is 29.3 Å². The van der Waals surface area contributed by atoms with Crippen molar-refractivity contribution in [1.29, 1.82) is 0 Å². The van der Waals surface area contributed by atoms with Crippen LogP contribution in [0.25, 0.3) is 27.7 Å². The lowest BCUT2D eigenvalue weighted by Gasteiger charge is -2.31. The van der Waals surface area contributed by atoms with Crippen LogP contribution in [0, 0.1) is 0 Å². The molecule has 15 heteroatoms. The van der Waals surface area contributed by atoms with E-state index in [9.17, 15) is 9.18 Å². The second kappa shape index (κ2) is 12.5. The fraction of sp³-hybridized carbons (Fsp3) is 0.300. The summed E-state index contributed by atoms with van der Waals surface area (Å²) in [7, 11) is 3.01. The number of likely N-dealkylation sites (tertiary alicyclic amines) is 1. The van der Waals surface area contributed by atoms with Gasteiger partial charge in [-0.2, -0.15) is 5.10 Å². The topological polar surface area (TPSA) is 124 Å². The van der Waals surface area contributed by atoms with Crippen LogP contribution < -0.4 is 20.1 Å². The number of rotatable bonds is 9. The Morgan fingerprint density at radius 2 is 1.84 bits per heavy atom. The van der Waals surface area contributed by atoms with Gasteiger partial charge in [-0.3, -0.25) is 13.9 Å². The van der Waals surface area contributed by atoms with Crippen LogP contribution in [0.5, 0.6) is 11.5 Å². The maximum Gasteiger partial charge on any atom is 0.283 e. The third kappa shape index (κ3) is 5.74. The molecule has 0 unspecified atom stereocenters. The molecule has 1 amide bonds. The molecule has 0 radical (unpaired) electrons. The molecule has 1 aromatic carbocycles. The molecular weight excluding hydrogens is 624 g/mol. The minimum Gasteiger partial charge on any atom is -0.495 e. The first kappa shape index (κ1) is 30.6. The van der Waals surface area contributed by atoms with Crippen LogP contribution in [0.2, 0.25) is 10.0 Å². The molecule has 0 bridgehead atoms. The standard InChI is InChI=1S/C30H30Cl2FN9O3/c1-5-40-8-6-18(7-9-40)42-14-20(36-30(43)16(2)33)28(39-42)37-24-11-21-17(13-34-24)10-19(29-38-35-15-41(21)29)25-26(31)22(44-3)12-23(45-4)27(25)32/h10-15,18H,2,5-9H2,1,3-4H3,(H,36,43)(H,34,37,39). The number of ether oxygens (including phenoxy) is 2. The lowest BCUT2D eigenvalue weighted by molar-refractivity contribution is -0.114. The molecule has 0 saturated carbocycles. The van der Waals surface area contributed by atoms with Gasteiger partial charge < -0.3 is 25.0 Å². The highest BCUT2D eigenvalue weighted by Gasteiger charge is 2.25. The van der Waals surface area contributed by atoms with Gasteiger partial charge in [-0.25, -0.2) is 9.37 Å². The number of amides is 1. The molecule has 1 saturated heterocycles. The molecule has 0 aliphatic carbocycles. The zero-order valence-corrected chi connectivity index (χ0v) is 26.3. The zero-order valence-electron chi connectivity index (χ0n) is 24.8. The molecular formula is C30H30Cl2FN9O3. The lowest BCUT2D eigenvalue weighted by atomic mass is 10.0. The highest BCUT2D eigenvalue weighted by atomic mass is 35.5. The van der Waals surface area contributed by atoms with E-state index in [0.717, 1.165) is 37.9 Å². The molecule has 1 aliphatic heterocycles. The predicted octanol–water partition coefficient (Wildman–Crippen LogP) is 6.29. The van der Waals surface area contributed by atoms with E-state index < -0.39 is 11.7 Å². The third-order valence-corrected chi connectivity index (χ3v) is 8.70. The molecule has 1 fully saturated rings. The van der Waals surface area contributed by atoms with E-state index in [2.05, 4.69) is 44.2 Å². The predicted molar refractivity (Wildman–Crippen MR) is 172 cm³/mol. The van der Waals surface area contributed by atoms with Crippen LogP contribution in [-0.2, 0) is 4.79 Å². The Hall–Kier alpha value is -4.46. The van der Waals surface area contributed by atoms with Gasteiger partial charge in [0.25, 0.3) is 5.91 Å². The summed E-state index contributed by atoms with van der Waals surface area (Å²) in [6.07, 6.45) is 6.73. The number of anilines is 3. The normalized spacial score (nSPS) is 14.2. The van der Waals surface area contributed by atoms with Crippen LogP contribution in [0.4, 0.5) is 21.7 Å². The average Bonchev–Trinajstić information content (AvgIpc) is 3.69. The Morgan fingerprint density at radius 1 is 1.13 bits per heavy atom. The number of nitrogens with zero attached hydrogens (tertiary/aromatic N) is 7. The third-order valence-electron chi connectivity index (χ3n) is 7.95. The van der Waals surface area contributed by atoms with Crippen molar-refractivity contribution in [3.8, 4) is 22.6 Å². The Morgan fingerprint density at radius 3 is 2.49 bits per heavy atom. The van der Waals surface area contributed by atoms with Gasteiger partial charge in [-0.1, -0.05) is 36.7 Å². The van der Waals surface area contributed by atoms with Gasteiger partial charge in [-0.15, -0.1) is 10.2 Å². The van der Waals surface area contributed by atoms with Crippen molar-refractivity contribution < 1.29 is 18.7 Å². The quantitative estimate of drug-likeness (QED) is 0.177. The van der Waals surface area contributed by atoms with Crippen LogP contribution in [-0.4, -0.2) is 74.0 Å². The molecule has 5 heterocycles. The minimum atomic E-state index is -1.10. The summed E-state index contributed by atoms with van der Waals surface area (Å²) in [5.74, 6) is -0.544. The number of aromatic nitrogens is 6. The van der Waals surface area contributed by atoms with E-state index in [1.54, 1.807) is 35.3 Å². The van der Waals surface area contributed by atoms with E-state index in [-0.39, 0.29) is 6.04 Å². The second-order valence-corrected chi connectivity index (χ2v) is 11.3. The van der Waals surface area contributed by atoms with Crippen molar-refractivity contribution >= 4 is 63.0 Å². The number of methoxy groups -OCH3 is 2. The smallest absolute Gasteiger partial charge is 0.283 e. The zero-order chi connectivity index (χ0) is 31.8. The number of benzene rings is 1. The van der Waals surface area contributed by atoms with Crippen molar-refractivity contribution in [2.24, 2.45) is 0 Å². The molecule has 5 aromatic rings. The fourth-order valence-corrected chi connectivity index (χ4v) is 6.24. The van der Waals surface area contributed by atoms with Crippen LogP contribution in [0.3, 0.4) is 0 Å². The molecule has 4 aromatic heterocycles. The Balaban J connectivity index is 1.40. The van der Waals surface area contributed by atoms with E-state index >= 15 is 0 Å². The first-order chi connectivity index (χ1) is 21.7. The Kier molecular flexibility index (Phi) is 8.49. The van der Waals surface area contributed by atoms with Crippen LogP contribution in [0.15, 0.2) is 49.3 Å². The van der Waals surface area contributed by atoms with Gasteiger partial charge in [-0.05, 0) is 25.5 Å². The number of hydrogen-bond donors (Lipinski definition) is 2. The van der Waals surface area contributed by atoms with Gasteiger partial charge >= 0.3 is 0 Å². The Labute approximate surface area is 267 Å². The number of nitrogens with one attached hydrogen (secondary N) is 2. The maximum atomic E-state index is 13.6. The molecule has 0 spiro atoms. The number of hydrogen-bond acceptors (Lipinski definition) is 9. The Bertz CT molecular complexity index is 1910. The fourth-order valence-electron chi connectivity index (χ4n) is 5.54. The number of fused-ring (bicyclic) bond motifs is 3. The van der Waals surface area contributed by atoms with Crippen molar-refractivity contribution in [3.05, 3.63) is 59.4 Å². The molecule has 1 aliphatic rings. The van der Waals surface area contributed by atoms with E-state index in [1.165, 1.54) is 14.2 Å². The highest BCUT2D eigenvalue weighted by Crippen LogP contribution is 2.47. The van der Waals surface area contributed by atoms with Crippen LogP contribution in [0.1, 0.15) is 25.8 Å². The summed E-state index contributed by atoms with van der Waals surface area (Å²) >= 11 is 13.5. The maximum absolute atomic E-state index is 13.6. The van der Waals surface area contributed by atoms with Gasteiger partial charge in [0, 0.05) is 47.9 Å². The average molecular weight is 655 g/mol. The molecule has 234 valence electrons. The molecule has 45 heavy (non-hydrogen) atoms. The number of pyridine rings is 2. The molecule has 2 N–H and O–H groups in total. The van der Waals surface area contributed by atoms with Crippen molar-refractivity contribution in [1.82, 2.24) is 34.3 Å². The molecule has 0 atom stereocenters. The summed E-state index contributed by atoms with van der Waals surface area (Å²) in [4.78, 5) is 19.2. The highest BCUT2D eigenvalue weighted by molar-refractivity contribution is 6.41. The van der Waals surface area contributed by atoms with Gasteiger partial charge in [0.2, 0.25) is 0 Å². The molecule has 12 nitrogen and oxygen atoms in total. The SMILES string of the molecule is C=C(F)C(=O)Nc1cn(C2CCN(CC)CC2)nc1Nc1cc2c(cn1)cc(-c1c(Cl)c(OC)cc(OC)c1Cl)c1nncn12. The number of carbonyl (C=O) groups is 1. The van der Waals surface area contributed by atoms with E-state index in [4.69, 9.17) is 37.8 Å².